The lowest BCUT2D eigenvalue weighted by atomic mass is 9.97. The maximum atomic E-state index is 12.8. The molecule has 0 saturated heterocycles. The monoisotopic (exact) mass is 423 g/mol. The van der Waals surface area contributed by atoms with Gasteiger partial charge in [0.2, 0.25) is 0 Å². The van der Waals surface area contributed by atoms with E-state index >= 15 is 0 Å². The number of hydrogen-bond acceptors (Lipinski definition) is 7. The van der Waals surface area contributed by atoms with Crippen molar-refractivity contribution in [2.45, 2.75) is 52.2 Å². The molecule has 2 aromatic rings. The van der Waals surface area contributed by atoms with E-state index in [2.05, 4.69) is 18.8 Å². The molecule has 0 aromatic carbocycles. The fourth-order valence-corrected chi connectivity index (χ4v) is 5.02. The Labute approximate surface area is 176 Å². The third-order valence-corrected chi connectivity index (χ3v) is 6.28. The Balaban J connectivity index is 1.71. The fourth-order valence-electron chi connectivity index (χ4n) is 3.74. The third-order valence-electron chi connectivity index (χ3n) is 5.09. The number of nitrogens with zero attached hydrogens (tertiary/aromatic N) is 2. The number of aliphatic hydroxyl groups excluding tert-OH is 1. The Hall–Kier alpha value is -1.32. The van der Waals surface area contributed by atoms with Crippen molar-refractivity contribution in [3.63, 3.8) is 0 Å². The summed E-state index contributed by atoms with van der Waals surface area (Å²) < 4.78 is 10.8. The molecule has 8 heteroatoms. The van der Waals surface area contributed by atoms with Gasteiger partial charge in [0.1, 0.15) is 10.7 Å². The third kappa shape index (κ3) is 6.08. The first-order valence-corrected chi connectivity index (χ1v) is 11.3. The molecule has 7 nitrogen and oxygen atoms in total. The lowest BCUT2D eigenvalue weighted by Gasteiger charge is -2.24. The number of aromatic nitrogens is 2. The van der Waals surface area contributed by atoms with Gasteiger partial charge in [-0.05, 0) is 37.2 Å². The molecule has 3 rings (SSSR count). The standard InChI is InChI=1S/C21H33N3O4S/c1-14(2)12-28-13-15(25)10-24(8-9-27-3)11-18-22-20(26)19-16-6-4-5-7-17(16)29-21(19)23-18/h14-15,25H,4-13H2,1-3H3,(H,22,23,26)/t15-/m0/s1. The number of rotatable bonds is 11. The number of ether oxygens (including phenoxy) is 2. The maximum absolute atomic E-state index is 12.8. The summed E-state index contributed by atoms with van der Waals surface area (Å²) in [6.07, 6.45) is 3.75. The van der Waals surface area contributed by atoms with Crippen LogP contribution >= 0.6 is 11.3 Å². The summed E-state index contributed by atoms with van der Waals surface area (Å²) in [5.74, 6) is 1.07. The van der Waals surface area contributed by atoms with Gasteiger partial charge in [-0.2, -0.15) is 0 Å². The first-order chi connectivity index (χ1) is 14.0. The van der Waals surface area contributed by atoms with Gasteiger partial charge in [0, 0.05) is 31.7 Å². The van der Waals surface area contributed by atoms with Crippen molar-refractivity contribution in [2.24, 2.45) is 5.92 Å². The molecule has 0 aliphatic heterocycles. The molecule has 162 valence electrons. The van der Waals surface area contributed by atoms with Crippen LogP contribution in [0.1, 0.15) is 43.0 Å². The van der Waals surface area contributed by atoms with Crippen molar-refractivity contribution in [3.8, 4) is 0 Å². The van der Waals surface area contributed by atoms with Crippen LogP contribution in [0.4, 0.5) is 0 Å². The van der Waals surface area contributed by atoms with Crippen molar-refractivity contribution in [2.75, 3.05) is 40.0 Å². The van der Waals surface area contributed by atoms with E-state index in [1.165, 1.54) is 16.9 Å². The summed E-state index contributed by atoms with van der Waals surface area (Å²) in [5.41, 5.74) is 1.16. The van der Waals surface area contributed by atoms with Crippen molar-refractivity contribution in [1.29, 1.82) is 0 Å². The Morgan fingerprint density at radius 2 is 2.07 bits per heavy atom. The number of thiophene rings is 1. The number of hydrogen-bond donors (Lipinski definition) is 2. The summed E-state index contributed by atoms with van der Waals surface area (Å²) in [6, 6.07) is 0. The first kappa shape index (κ1) is 22.4. The molecule has 1 aliphatic rings. The maximum Gasteiger partial charge on any atom is 0.259 e. The zero-order valence-electron chi connectivity index (χ0n) is 17.7. The van der Waals surface area contributed by atoms with Crippen LogP contribution < -0.4 is 5.56 Å². The highest BCUT2D eigenvalue weighted by molar-refractivity contribution is 7.18. The molecule has 0 amide bonds. The van der Waals surface area contributed by atoms with Gasteiger partial charge >= 0.3 is 0 Å². The molecule has 2 aromatic heterocycles. The average Bonchev–Trinajstić information content (AvgIpc) is 3.04. The molecule has 1 atom stereocenters. The number of aromatic amines is 1. The van der Waals surface area contributed by atoms with Gasteiger partial charge in [0.25, 0.3) is 5.56 Å². The number of aliphatic hydroxyl groups is 1. The van der Waals surface area contributed by atoms with Gasteiger partial charge in [-0.3, -0.25) is 9.69 Å². The Morgan fingerprint density at radius 1 is 1.28 bits per heavy atom. The number of methoxy groups -OCH3 is 1. The van der Waals surface area contributed by atoms with Crippen LogP contribution in [0.15, 0.2) is 4.79 Å². The minimum Gasteiger partial charge on any atom is -0.389 e. The quantitative estimate of drug-likeness (QED) is 0.577. The average molecular weight is 424 g/mol. The lowest BCUT2D eigenvalue weighted by molar-refractivity contribution is 0.00296. The second-order valence-corrected chi connectivity index (χ2v) is 9.30. The Bertz CT molecular complexity index is 848. The lowest BCUT2D eigenvalue weighted by Crippen LogP contribution is -2.37. The van der Waals surface area contributed by atoms with Crippen LogP contribution in [-0.2, 0) is 28.9 Å². The van der Waals surface area contributed by atoms with Crippen molar-refractivity contribution in [1.82, 2.24) is 14.9 Å². The van der Waals surface area contributed by atoms with Gasteiger partial charge in [-0.1, -0.05) is 13.8 Å². The zero-order valence-corrected chi connectivity index (χ0v) is 18.5. The van der Waals surface area contributed by atoms with Gasteiger partial charge in [-0.15, -0.1) is 11.3 Å². The van der Waals surface area contributed by atoms with E-state index in [4.69, 9.17) is 14.5 Å². The number of fused-ring (bicyclic) bond motifs is 3. The SMILES string of the molecule is COCCN(Cc1nc2sc3c(c2c(=O)[nH]1)CCCC3)C[C@H](O)COCC(C)C. The Morgan fingerprint density at radius 3 is 2.83 bits per heavy atom. The van der Waals surface area contributed by atoms with Crippen molar-refractivity contribution < 1.29 is 14.6 Å². The van der Waals surface area contributed by atoms with Gasteiger partial charge in [-0.25, -0.2) is 4.98 Å². The molecule has 29 heavy (non-hydrogen) atoms. The largest absolute Gasteiger partial charge is 0.389 e. The van der Waals surface area contributed by atoms with Crippen LogP contribution in [-0.4, -0.2) is 66.1 Å². The van der Waals surface area contributed by atoms with E-state index in [0.29, 0.717) is 51.2 Å². The van der Waals surface area contributed by atoms with Gasteiger partial charge < -0.3 is 19.6 Å². The van der Waals surface area contributed by atoms with Crippen molar-refractivity contribution in [3.05, 3.63) is 26.6 Å². The molecular formula is C21H33N3O4S. The van der Waals surface area contributed by atoms with E-state index in [0.717, 1.165) is 29.5 Å². The van der Waals surface area contributed by atoms with E-state index in [-0.39, 0.29) is 5.56 Å². The minimum absolute atomic E-state index is 0.0445. The summed E-state index contributed by atoms with van der Waals surface area (Å²) in [5, 5.41) is 11.1. The fraction of sp³-hybridized carbons (Fsp3) is 0.714. The molecular weight excluding hydrogens is 390 g/mol. The van der Waals surface area contributed by atoms with E-state index < -0.39 is 6.10 Å². The number of nitrogens with one attached hydrogen (secondary N) is 1. The summed E-state index contributed by atoms with van der Waals surface area (Å²) >= 11 is 1.66. The van der Waals surface area contributed by atoms with Crippen LogP contribution in [0.3, 0.4) is 0 Å². The zero-order chi connectivity index (χ0) is 20.8. The highest BCUT2D eigenvalue weighted by atomic mass is 32.1. The minimum atomic E-state index is -0.602. The topological polar surface area (TPSA) is 87.7 Å². The second-order valence-electron chi connectivity index (χ2n) is 8.22. The molecule has 2 heterocycles. The molecule has 0 bridgehead atoms. The van der Waals surface area contributed by atoms with Crippen molar-refractivity contribution >= 4 is 21.6 Å². The molecule has 0 spiro atoms. The van der Waals surface area contributed by atoms with Crippen LogP contribution in [0, 0.1) is 5.92 Å². The van der Waals surface area contributed by atoms with Gasteiger partial charge in [0.15, 0.2) is 0 Å². The second kappa shape index (κ2) is 10.6. The molecule has 1 aliphatic carbocycles. The molecule has 0 saturated carbocycles. The molecule has 2 N–H and O–H groups in total. The van der Waals surface area contributed by atoms with E-state index in [1.54, 1.807) is 18.4 Å². The summed E-state index contributed by atoms with van der Waals surface area (Å²) in [4.78, 5) is 24.7. The van der Waals surface area contributed by atoms with Crippen LogP contribution in [0.2, 0.25) is 0 Å². The summed E-state index contributed by atoms with van der Waals surface area (Å²) in [7, 11) is 1.66. The number of aryl methyl sites for hydroxylation is 2. The highest BCUT2D eigenvalue weighted by Crippen LogP contribution is 2.33. The molecule has 0 radical (unpaired) electrons. The van der Waals surface area contributed by atoms with E-state index in [9.17, 15) is 9.90 Å². The predicted molar refractivity (Wildman–Crippen MR) is 116 cm³/mol. The highest BCUT2D eigenvalue weighted by Gasteiger charge is 2.21. The van der Waals surface area contributed by atoms with E-state index in [1.807, 2.05) is 4.90 Å². The number of H-pyrrole nitrogens is 1. The van der Waals surface area contributed by atoms with Gasteiger partial charge in [0.05, 0.1) is 31.2 Å². The molecule has 0 unspecified atom stereocenters. The predicted octanol–water partition coefficient (Wildman–Crippen LogP) is 2.35. The summed E-state index contributed by atoms with van der Waals surface area (Å²) in [6.45, 7) is 7.16. The van der Waals surface area contributed by atoms with Crippen LogP contribution in [0.25, 0.3) is 10.2 Å². The Kier molecular flexibility index (Phi) is 8.20. The molecule has 0 fully saturated rings. The first-order valence-electron chi connectivity index (χ1n) is 10.5. The normalized spacial score (nSPS) is 15.4. The van der Waals surface area contributed by atoms with Crippen LogP contribution in [0.5, 0.6) is 0 Å². The smallest absolute Gasteiger partial charge is 0.259 e.